The molecule has 2 aromatic rings. The van der Waals surface area contributed by atoms with E-state index in [1.54, 1.807) is 6.08 Å². The Morgan fingerprint density at radius 3 is 2.61 bits per heavy atom. The van der Waals surface area contributed by atoms with E-state index in [1.165, 1.54) is 6.08 Å². The normalized spacial score (nSPS) is 15.6. The van der Waals surface area contributed by atoms with Gasteiger partial charge in [0, 0.05) is 41.5 Å². The predicted octanol–water partition coefficient (Wildman–Crippen LogP) is 4.19. The predicted molar refractivity (Wildman–Crippen MR) is 135 cm³/mol. The first-order valence-corrected chi connectivity index (χ1v) is 12.0. The first-order valence-electron chi connectivity index (χ1n) is 11.7. The fourth-order valence-corrected chi connectivity index (χ4v) is 4.14. The molecule has 0 unspecified atom stereocenters. The van der Waals surface area contributed by atoms with Crippen LogP contribution in [0.1, 0.15) is 18.4 Å². The molecule has 8 nitrogen and oxygen atoms in total. The molecule has 0 aliphatic carbocycles. The standard InChI is InChI=1S/C27H27ClN2O6/c1-29(15-6-8-23(31)27-35-25(32)12-13-26(33)36-27)14-4-5-16-30-21-7-2-3-9-24(21)34-18-19-10-11-20(28)17-22(19)30/h2-3,6-13,17,27H,4-5,14-16,18H2,1H3/b8-6+. The summed E-state index contributed by atoms with van der Waals surface area (Å²) in [5.74, 6) is -1.35. The number of halogens is 1. The van der Waals surface area contributed by atoms with E-state index >= 15 is 0 Å². The van der Waals surface area contributed by atoms with Gasteiger partial charge in [0.2, 0.25) is 5.78 Å². The maximum absolute atomic E-state index is 12.2. The maximum atomic E-state index is 12.2. The highest BCUT2D eigenvalue weighted by Gasteiger charge is 2.26. The lowest BCUT2D eigenvalue weighted by Crippen LogP contribution is -2.29. The summed E-state index contributed by atoms with van der Waals surface area (Å²) in [4.78, 5) is 39.4. The van der Waals surface area contributed by atoms with Crippen LogP contribution in [0, 0.1) is 0 Å². The van der Waals surface area contributed by atoms with Gasteiger partial charge in [-0.15, -0.1) is 0 Å². The van der Waals surface area contributed by atoms with Gasteiger partial charge in [-0.05, 0) is 56.8 Å². The van der Waals surface area contributed by atoms with Gasteiger partial charge in [0.1, 0.15) is 12.4 Å². The summed E-state index contributed by atoms with van der Waals surface area (Å²) in [6.07, 6.45) is 5.07. The topological polar surface area (TPSA) is 85.4 Å². The molecule has 0 spiro atoms. The summed E-state index contributed by atoms with van der Waals surface area (Å²) in [6.45, 7) is 2.60. The van der Waals surface area contributed by atoms with Gasteiger partial charge in [-0.3, -0.25) is 4.79 Å². The number of fused-ring (bicyclic) bond motifs is 2. The van der Waals surface area contributed by atoms with Gasteiger partial charge in [0.05, 0.1) is 5.69 Å². The van der Waals surface area contributed by atoms with Gasteiger partial charge in [-0.25, -0.2) is 9.59 Å². The molecule has 0 aromatic heterocycles. The number of cyclic esters (lactones) is 2. The van der Waals surface area contributed by atoms with Crippen LogP contribution in [0.3, 0.4) is 0 Å². The van der Waals surface area contributed by atoms with Crippen LogP contribution in [0.4, 0.5) is 11.4 Å². The van der Waals surface area contributed by atoms with Crippen molar-refractivity contribution in [2.45, 2.75) is 25.7 Å². The Hall–Kier alpha value is -3.62. The number of para-hydroxylation sites is 2. The van der Waals surface area contributed by atoms with Crippen molar-refractivity contribution in [3.8, 4) is 5.75 Å². The average molecular weight is 511 g/mol. The van der Waals surface area contributed by atoms with Crippen LogP contribution in [0.5, 0.6) is 5.75 Å². The molecule has 188 valence electrons. The van der Waals surface area contributed by atoms with Gasteiger partial charge in [0.25, 0.3) is 0 Å². The van der Waals surface area contributed by atoms with E-state index in [9.17, 15) is 14.4 Å². The summed E-state index contributed by atoms with van der Waals surface area (Å²) in [5, 5.41) is 0.684. The fraction of sp³-hybridized carbons (Fsp3) is 0.296. The third-order valence-corrected chi connectivity index (χ3v) is 6.02. The first kappa shape index (κ1) is 25.5. The second-order valence-corrected chi connectivity index (χ2v) is 8.93. The zero-order valence-electron chi connectivity index (χ0n) is 19.9. The van der Waals surface area contributed by atoms with Crippen LogP contribution < -0.4 is 9.64 Å². The average Bonchev–Trinajstić information content (AvgIpc) is 3.13. The number of unbranched alkanes of at least 4 members (excludes halogenated alkanes) is 1. The zero-order valence-corrected chi connectivity index (χ0v) is 20.6. The van der Waals surface area contributed by atoms with Crippen molar-refractivity contribution in [3.63, 3.8) is 0 Å². The van der Waals surface area contributed by atoms with Crippen LogP contribution in [0.15, 0.2) is 66.8 Å². The molecule has 2 aliphatic heterocycles. The van der Waals surface area contributed by atoms with Crippen LogP contribution in [-0.2, 0) is 30.5 Å². The number of carbonyl (C=O) groups excluding carboxylic acids is 3. The number of benzene rings is 2. The summed E-state index contributed by atoms with van der Waals surface area (Å²) in [7, 11) is 1.95. The Balaban J connectivity index is 1.28. The van der Waals surface area contributed by atoms with Gasteiger partial charge < -0.3 is 24.0 Å². The Morgan fingerprint density at radius 2 is 1.83 bits per heavy atom. The van der Waals surface area contributed by atoms with Gasteiger partial charge in [-0.1, -0.05) is 35.9 Å². The molecule has 0 fully saturated rings. The monoisotopic (exact) mass is 510 g/mol. The van der Waals surface area contributed by atoms with Crippen molar-refractivity contribution in [3.05, 3.63) is 77.4 Å². The van der Waals surface area contributed by atoms with Crippen molar-refractivity contribution >= 4 is 40.7 Å². The number of carbonyl (C=O) groups is 3. The molecule has 4 rings (SSSR count). The van der Waals surface area contributed by atoms with Crippen molar-refractivity contribution in [2.24, 2.45) is 0 Å². The Kier molecular flexibility index (Phi) is 8.40. The summed E-state index contributed by atoms with van der Waals surface area (Å²) < 4.78 is 15.6. The van der Waals surface area contributed by atoms with E-state index in [0.717, 1.165) is 60.8 Å². The summed E-state index contributed by atoms with van der Waals surface area (Å²) in [5.41, 5.74) is 3.16. The molecular weight excluding hydrogens is 484 g/mol. The van der Waals surface area contributed by atoms with Crippen molar-refractivity contribution in [2.75, 3.05) is 31.6 Å². The number of rotatable bonds is 9. The molecule has 0 amide bonds. The lowest BCUT2D eigenvalue weighted by Gasteiger charge is -2.26. The van der Waals surface area contributed by atoms with Crippen LogP contribution in [0.25, 0.3) is 0 Å². The Morgan fingerprint density at radius 1 is 1.08 bits per heavy atom. The highest BCUT2D eigenvalue weighted by atomic mass is 35.5. The van der Waals surface area contributed by atoms with Crippen LogP contribution >= 0.6 is 11.6 Å². The fourth-order valence-electron chi connectivity index (χ4n) is 3.97. The van der Waals surface area contributed by atoms with E-state index < -0.39 is 24.0 Å². The van der Waals surface area contributed by atoms with Crippen molar-refractivity contribution < 1.29 is 28.6 Å². The van der Waals surface area contributed by atoms with Gasteiger partial charge >= 0.3 is 18.2 Å². The highest BCUT2D eigenvalue weighted by Crippen LogP contribution is 2.40. The van der Waals surface area contributed by atoms with Crippen LogP contribution in [-0.4, -0.2) is 55.6 Å². The molecule has 0 saturated carbocycles. The third kappa shape index (κ3) is 6.53. The molecule has 36 heavy (non-hydrogen) atoms. The minimum Gasteiger partial charge on any atom is -0.487 e. The molecule has 0 N–H and O–H groups in total. The number of hydrogen-bond acceptors (Lipinski definition) is 8. The van der Waals surface area contributed by atoms with E-state index in [-0.39, 0.29) is 0 Å². The quantitative estimate of drug-likeness (QED) is 0.282. The molecule has 2 aromatic carbocycles. The zero-order chi connectivity index (χ0) is 25.5. The Bertz CT molecular complexity index is 1170. The number of ketones is 1. The van der Waals surface area contributed by atoms with Crippen molar-refractivity contribution in [1.82, 2.24) is 4.90 Å². The molecule has 0 bridgehead atoms. The first-order chi connectivity index (χ1) is 17.4. The molecule has 0 radical (unpaired) electrons. The molecule has 9 heteroatoms. The van der Waals surface area contributed by atoms with E-state index in [2.05, 4.69) is 15.9 Å². The number of nitrogens with zero attached hydrogens (tertiary/aromatic N) is 2. The second-order valence-electron chi connectivity index (χ2n) is 8.49. The second kappa shape index (κ2) is 11.9. The number of hydrogen-bond donors (Lipinski definition) is 0. The van der Waals surface area contributed by atoms with E-state index in [4.69, 9.17) is 25.8 Å². The van der Waals surface area contributed by atoms with Gasteiger partial charge in [0.15, 0.2) is 0 Å². The summed E-state index contributed by atoms with van der Waals surface area (Å²) in [6, 6.07) is 13.9. The smallest absolute Gasteiger partial charge is 0.334 e. The van der Waals surface area contributed by atoms with Crippen molar-refractivity contribution in [1.29, 1.82) is 0 Å². The molecule has 0 atom stereocenters. The lowest BCUT2D eigenvalue weighted by molar-refractivity contribution is -0.182. The van der Waals surface area contributed by atoms with E-state index in [1.807, 2.05) is 43.4 Å². The number of anilines is 2. The minimum atomic E-state index is -1.56. The largest absolute Gasteiger partial charge is 0.487 e. The minimum absolute atomic E-state index is 0.490. The summed E-state index contributed by atoms with van der Waals surface area (Å²) >= 11 is 6.31. The maximum Gasteiger partial charge on any atom is 0.334 e. The van der Waals surface area contributed by atoms with E-state index in [0.29, 0.717) is 18.2 Å². The Labute approximate surface area is 214 Å². The number of esters is 2. The van der Waals surface area contributed by atoms with Gasteiger partial charge in [-0.2, -0.15) is 0 Å². The lowest BCUT2D eigenvalue weighted by atomic mass is 10.1. The third-order valence-electron chi connectivity index (χ3n) is 5.78. The molecule has 0 saturated heterocycles. The molecule has 2 aliphatic rings. The highest BCUT2D eigenvalue weighted by molar-refractivity contribution is 6.30. The molecule has 2 heterocycles. The van der Waals surface area contributed by atoms with Crippen LogP contribution in [0.2, 0.25) is 5.02 Å². The number of ether oxygens (including phenoxy) is 3. The molecular formula is C27H27ClN2O6. The number of likely N-dealkylation sites (N-methyl/N-ethyl adjacent to an activating group) is 1. The SMILES string of the molecule is CN(C/C=C/C(=O)C1OC(=O)C=CC(=O)O1)CCCCN1c2cc(Cl)ccc2COc2ccccc21.